The lowest BCUT2D eigenvalue weighted by Crippen LogP contribution is -2.35. The van der Waals surface area contributed by atoms with Crippen LogP contribution >= 0.6 is 0 Å². The molecule has 0 unspecified atom stereocenters. The topological polar surface area (TPSA) is 71.4 Å². The summed E-state index contributed by atoms with van der Waals surface area (Å²) in [6, 6.07) is 6.95. The number of amides is 1. The molecule has 0 saturated carbocycles. The molecule has 30 heavy (non-hydrogen) atoms. The van der Waals surface area contributed by atoms with Gasteiger partial charge in [-0.1, -0.05) is 18.1 Å². The maximum Gasteiger partial charge on any atom is 0.267 e. The molecule has 0 bridgehead atoms. The first-order valence-corrected chi connectivity index (χ1v) is 12.5. The minimum absolute atomic E-state index is 0.120. The second kappa shape index (κ2) is 8.94. The second-order valence-electron chi connectivity index (χ2n) is 8.39. The number of allylic oxidation sites excluding steroid dienone is 1. The van der Waals surface area contributed by atoms with Gasteiger partial charge >= 0.3 is 0 Å². The standard InChI is InChI=1S/C23H31N3O3S/c1-25-21-11-10-20(30(28,29)26-14-6-3-7-15-26)16-19(21)17-22(25)23(27)24-13-12-18-8-4-2-5-9-18/h8,10-11,16-17H,2-7,9,12-15H2,1H3,(H,24,27). The molecule has 4 rings (SSSR count). The summed E-state index contributed by atoms with van der Waals surface area (Å²) in [5, 5.41) is 3.79. The Kier molecular flexibility index (Phi) is 6.29. The highest BCUT2D eigenvalue weighted by Crippen LogP contribution is 2.26. The SMILES string of the molecule is Cn1c(C(=O)NCCC2=CCCCC2)cc2cc(S(=O)(=O)N3CCCCC3)ccc21. The Morgan fingerprint density at radius 3 is 2.60 bits per heavy atom. The van der Waals surface area contributed by atoms with Crippen molar-refractivity contribution in [2.24, 2.45) is 7.05 Å². The summed E-state index contributed by atoms with van der Waals surface area (Å²) in [5.74, 6) is -0.120. The maximum atomic E-state index is 13.0. The molecular formula is C23H31N3O3S. The van der Waals surface area contributed by atoms with Gasteiger partial charge in [0.2, 0.25) is 10.0 Å². The molecule has 0 spiro atoms. The van der Waals surface area contributed by atoms with Gasteiger partial charge in [-0.25, -0.2) is 8.42 Å². The van der Waals surface area contributed by atoms with E-state index in [1.165, 1.54) is 18.4 Å². The number of aromatic nitrogens is 1. The van der Waals surface area contributed by atoms with Crippen molar-refractivity contribution in [3.63, 3.8) is 0 Å². The fourth-order valence-electron chi connectivity index (χ4n) is 4.52. The van der Waals surface area contributed by atoms with Crippen LogP contribution in [-0.2, 0) is 17.1 Å². The molecule has 1 aliphatic carbocycles. The molecule has 1 aliphatic heterocycles. The van der Waals surface area contributed by atoms with Gasteiger partial charge in [-0.3, -0.25) is 4.79 Å². The highest BCUT2D eigenvalue weighted by Gasteiger charge is 2.26. The predicted octanol–water partition coefficient (Wildman–Crippen LogP) is 3.97. The van der Waals surface area contributed by atoms with Crippen LogP contribution < -0.4 is 5.32 Å². The van der Waals surface area contributed by atoms with Crippen molar-refractivity contribution < 1.29 is 13.2 Å². The van der Waals surface area contributed by atoms with E-state index in [1.54, 1.807) is 28.6 Å². The summed E-state index contributed by atoms with van der Waals surface area (Å²) in [7, 11) is -1.64. The molecule has 7 heteroatoms. The fourth-order valence-corrected chi connectivity index (χ4v) is 6.07. The van der Waals surface area contributed by atoms with Gasteiger partial charge in [0, 0.05) is 37.6 Å². The summed E-state index contributed by atoms with van der Waals surface area (Å²) in [6.45, 7) is 1.79. The van der Waals surface area contributed by atoms with Crippen LogP contribution in [0.1, 0.15) is 61.9 Å². The Hall–Kier alpha value is -2.12. The van der Waals surface area contributed by atoms with Gasteiger partial charge in [0.1, 0.15) is 5.69 Å². The Bertz CT molecular complexity index is 1060. The molecule has 1 N–H and O–H groups in total. The number of hydrogen-bond acceptors (Lipinski definition) is 3. The molecule has 1 saturated heterocycles. The van der Waals surface area contributed by atoms with Gasteiger partial charge < -0.3 is 9.88 Å². The van der Waals surface area contributed by atoms with Gasteiger partial charge in [-0.05, 0) is 69.2 Å². The molecule has 1 aromatic heterocycles. The summed E-state index contributed by atoms with van der Waals surface area (Å²) >= 11 is 0. The normalized spacial score (nSPS) is 18.4. The second-order valence-corrected chi connectivity index (χ2v) is 10.3. The fraction of sp³-hybridized carbons (Fsp3) is 0.522. The minimum Gasteiger partial charge on any atom is -0.350 e. The van der Waals surface area contributed by atoms with Crippen LogP contribution in [0.2, 0.25) is 0 Å². The Morgan fingerprint density at radius 2 is 1.87 bits per heavy atom. The van der Waals surface area contributed by atoms with Crippen LogP contribution in [0.15, 0.2) is 40.8 Å². The summed E-state index contributed by atoms with van der Waals surface area (Å²) in [5.41, 5.74) is 2.84. The Labute approximate surface area is 179 Å². The van der Waals surface area contributed by atoms with Crippen molar-refractivity contribution in [3.05, 3.63) is 41.6 Å². The Balaban J connectivity index is 1.50. The number of benzene rings is 1. The lowest BCUT2D eigenvalue weighted by molar-refractivity contribution is 0.0946. The van der Waals surface area contributed by atoms with Gasteiger partial charge in [-0.2, -0.15) is 4.31 Å². The first kappa shape index (κ1) is 21.1. The van der Waals surface area contributed by atoms with E-state index in [0.29, 0.717) is 30.2 Å². The molecule has 1 aromatic carbocycles. The molecule has 0 atom stereocenters. The maximum absolute atomic E-state index is 13.0. The van der Waals surface area contributed by atoms with Crippen molar-refractivity contribution in [2.75, 3.05) is 19.6 Å². The van der Waals surface area contributed by atoms with Crippen molar-refractivity contribution in [3.8, 4) is 0 Å². The van der Waals surface area contributed by atoms with Crippen LogP contribution in [0.5, 0.6) is 0 Å². The molecule has 1 fully saturated rings. The molecule has 6 nitrogen and oxygen atoms in total. The lowest BCUT2D eigenvalue weighted by atomic mass is 9.97. The third kappa shape index (κ3) is 4.32. The minimum atomic E-state index is -3.49. The zero-order valence-corrected chi connectivity index (χ0v) is 18.5. The molecule has 0 radical (unpaired) electrons. The molecular weight excluding hydrogens is 398 g/mol. The van der Waals surface area contributed by atoms with E-state index in [1.807, 2.05) is 11.6 Å². The van der Waals surface area contributed by atoms with Gasteiger partial charge in [-0.15, -0.1) is 0 Å². The van der Waals surface area contributed by atoms with Gasteiger partial charge in [0.25, 0.3) is 5.91 Å². The van der Waals surface area contributed by atoms with E-state index < -0.39 is 10.0 Å². The average molecular weight is 430 g/mol. The highest BCUT2D eigenvalue weighted by molar-refractivity contribution is 7.89. The number of piperidine rings is 1. The average Bonchev–Trinajstić information content (AvgIpc) is 3.11. The van der Waals surface area contributed by atoms with Crippen LogP contribution in [0.3, 0.4) is 0 Å². The van der Waals surface area contributed by atoms with Gasteiger partial charge in [0.05, 0.1) is 4.90 Å². The molecule has 2 aromatic rings. The smallest absolute Gasteiger partial charge is 0.267 e. The number of carbonyl (C=O) groups excluding carboxylic acids is 1. The first-order chi connectivity index (χ1) is 14.5. The summed E-state index contributed by atoms with van der Waals surface area (Å²) in [6.07, 6.45) is 10.9. The third-order valence-corrected chi connectivity index (χ3v) is 8.21. The molecule has 162 valence electrons. The third-order valence-electron chi connectivity index (χ3n) is 6.32. The van der Waals surface area contributed by atoms with Crippen LogP contribution in [0.4, 0.5) is 0 Å². The van der Waals surface area contributed by atoms with E-state index in [0.717, 1.165) is 49.4 Å². The van der Waals surface area contributed by atoms with E-state index in [-0.39, 0.29) is 5.91 Å². The number of fused-ring (bicyclic) bond motifs is 1. The van der Waals surface area contributed by atoms with Crippen LogP contribution in [0.25, 0.3) is 10.9 Å². The number of nitrogens with zero attached hydrogens (tertiary/aromatic N) is 2. The monoisotopic (exact) mass is 429 g/mol. The van der Waals surface area contributed by atoms with E-state index in [4.69, 9.17) is 0 Å². The molecule has 1 amide bonds. The summed E-state index contributed by atoms with van der Waals surface area (Å²) < 4.78 is 29.4. The molecule has 2 heterocycles. The van der Waals surface area contributed by atoms with Crippen molar-refractivity contribution >= 4 is 26.8 Å². The van der Waals surface area contributed by atoms with Crippen LogP contribution in [-0.4, -0.2) is 42.8 Å². The number of aryl methyl sites for hydroxylation is 1. The highest BCUT2D eigenvalue weighted by atomic mass is 32.2. The van der Waals surface area contributed by atoms with Gasteiger partial charge in [0.15, 0.2) is 0 Å². The zero-order valence-electron chi connectivity index (χ0n) is 17.7. The quantitative estimate of drug-likeness (QED) is 0.706. The van der Waals surface area contributed by atoms with Crippen molar-refractivity contribution in [2.45, 2.75) is 56.3 Å². The van der Waals surface area contributed by atoms with E-state index >= 15 is 0 Å². The predicted molar refractivity (Wildman–Crippen MR) is 119 cm³/mol. The lowest BCUT2D eigenvalue weighted by Gasteiger charge is -2.25. The number of nitrogens with one attached hydrogen (secondary N) is 1. The van der Waals surface area contributed by atoms with E-state index in [9.17, 15) is 13.2 Å². The number of hydrogen-bond donors (Lipinski definition) is 1. The zero-order chi connectivity index (χ0) is 21.1. The number of rotatable bonds is 6. The van der Waals surface area contributed by atoms with E-state index in [2.05, 4.69) is 11.4 Å². The number of carbonyl (C=O) groups is 1. The molecule has 2 aliphatic rings. The first-order valence-electron chi connectivity index (χ1n) is 11.0. The summed E-state index contributed by atoms with van der Waals surface area (Å²) in [4.78, 5) is 13.0. The Morgan fingerprint density at radius 1 is 1.07 bits per heavy atom. The number of sulfonamides is 1. The van der Waals surface area contributed by atoms with Crippen molar-refractivity contribution in [1.29, 1.82) is 0 Å². The van der Waals surface area contributed by atoms with Crippen molar-refractivity contribution in [1.82, 2.24) is 14.2 Å². The largest absolute Gasteiger partial charge is 0.350 e. The van der Waals surface area contributed by atoms with Crippen LogP contribution in [0, 0.1) is 0 Å².